The van der Waals surface area contributed by atoms with Crippen molar-refractivity contribution in [2.45, 2.75) is 25.9 Å². The quantitative estimate of drug-likeness (QED) is 0.899. The molecule has 1 aliphatic heterocycles. The molecule has 19 heavy (non-hydrogen) atoms. The lowest BCUT2D eigenvalue weighted by Gasteiger charge is -2.31. The van der Waals surface area contributed by atoms with Gasteiger partial charge in [-0.2, -0.15) is 0 Å². The molecule has 0 aliphatic carbocycles. The van der Waals surface area contributed by atoms with E-state index in [9.17, 15) is 4.79 Å². The first-order valence-electron chi connectivity index (χ1n) is 6.76. The molecule has 2 heterocycles. The van der Waals surface area contributed by atoms with Crippen LogP contribution in [0.15, 0.2) is 18.3 Å². The largest absolute Gasteiger partial charge is 0.385 e. The van der Waals surface area contributed by atoms with Gasteiger partial charge >= 0.3 is 0 Å². The number of nitrogens with one attached hydrogen (secondary N) is 1. The minimum atomic E-state index is 0.00862. The molecule has 2 rings (SSSR count). The molecule has 0 spiro atoms. The maximum absolute atomic E-state index is 12.3. The molecule has 0 saturated carbocycles. The van der Waals surface area contributed by atoms with E-state index in [2.05, 4.69) is 10.3 Å². The summed E-state index contributed by atoms with van der Waals surface area (Å²) in [5.41, 5.74) is 1.45. The van der Waals surface area contributed by atoms with Crippen molar-refractivity contribution in [2.75, 3.05) is 32.1 Å². The molecule has 1 aliphatic rings. The summed E-state index contributed by atoms with van der Waals surface area (Å²) in [6, 6.07) is 3.69. The summed E-state index contributed by atoms with van der Waals surface area (Å²) in [6.07, 6.45) is 3.75. The van der Waals surface area contributed by atoms with Crippen LogP contribution >= 0.6 is 0 Å². The van der Waals surface area contributed by atoms with Gasteiger partial charge in [-0.05, 0) is 31.9 Å². The Balaban J connectivity index is 2.01. The predicted octanol–water partition coefficient (Wildman–Crippen LogP) is 1.76. The Labute approximate surface area is 114 Å². The molecule has 104 valence electrons. The lowest BCUT2D eigenvalue weighted by atomic mass is 10.1. The van der Waals surface area contributed by atoms with Crippen molar-refractivity contribution in [3.05, 3.63) is 24.0 Å². The minimum Gasteiger partial charge on any atom is -0.385 e. The van der Waals surface area contributed by atoms with Gasteiger partial charge in [-0.25, -0.2) is 0 Å². The number of carbonyl (C=O) groups excluding carboxylic acids is 1. The average Bonchev–Trinajstić information content (AvgIpc) is 2.47. The van der Waals surface area contributed by atoms with Gasteiger partial charge in [0.25, 0.3) is 5.91 Å². The Morgan fingerprint density at radius 3 is 2.89 bits per heavy atom. The van der Waals surface area contributed by atoms with Gasteiger partial charge in [0.15, 0.2) is 0 Å². The third-order valence-corrected chi connectivity index (χ3v) is 3.42. The van der Waals surface area contributed by atoms with Crippen molar-refractivity contribution < 1.29 is 9.53 Å². The highest BCUT2D eigenvalue weighted by atomic mass is 16.5. The molecule has 1 aromatic rings. The number of carbonyl (C=O) groups is 1. The normalized spacial score (nSPS) is 16.4. The highest BCUT2D eigenvalue weighted by molar-refractivity contribution is 5.93. The summed E-state index contributed by atoms with van der Waals surface area (Å²) in [5, 5.41) is 3.19. The molecule has 1 saturated heterocycles. The van der Waals surface area contributed by atoms with Crippen molar-refractivity contribution in [3.63, 3.8) is 0 Å². The summed E-state index contributed by atoms with van der Waals surface area (Å²) in [4.78, 5) is 18.4. The highest BCUT2D eigenvalue weighted by Gasteiger charge is 2.24. The third-order valence-electron chi connectivity index (χ3n) is 3.42. The SMILES string of the molecule is CCNc1ccnc(C(=O)N2CCC(OC)CC2)c1. The van der Waals surface area contributed by atoms with Crippen molar-refractivity contribution in [1.29, 1.82) is 0 Å². The number of rotatable bonds is 4. The van der Waals surface area contributed by atoms with E-state index in [1.807, 2.05) is 24.0 Å². The maximum atomic E-state index is 12.3. The van der Waals surface area contributed by atoms with Gasteiger partial charge in [-0.3, -0.25) is 9.78 Å². The fourth-order valence-corrected chi connectivity index (χ4v) is 2.32. The maximum Gasteiger partial charge on any atom is 0.272 e. The zero-order chi connectivity index (χ0) is 13.7. The summed E-state index contributed by atoms with van der Waals surface area (Å²) < 4.78 is 5.31. The molecule has 1 fully saturated rings. The van der Waals surface area contributed by atoms with Crippen LogP contribution in [0.25, 0.3) is 0 Å². The Morgan fingerprint density at radius 1 is 1.53 bits per heavy atom. The number of amides is 1. The van der Waals surface area contributed by atoms with Gasteiger partial charge in [0.1, 0.15) is 5.69 Å². The summed E-state index contributed by atoms with van der Waals surface area (Å²) in [5.74, 6) is 0.00862. The molecular weight excluding hydrogens is 242 g/mol. The van der Waals surface area contributed by atoms with E-state index in [1.54, 1.807) is 13.3 Å². The lowest BCUT2D eigenvalue weighted by Crippen LogP contribution is -2.40. The Hall–Kier alpha value is -1.62. The fourth-order valence-electron chi connectivity index (χ4n) is 2.32. The van der Waals surface area contributed by atoms with E-state index >= 15 is 0 Å². The zero-order valence-electron chi connectivity index (χ0n) is 11.6. The van der Waals surface area contributed by atoms with Crippen LogP contribution in [0.3, 0.4) is 0 Å². The molecule has 0 atom stereocenters. The monoisotopic (exact) mass is 263 g/mol. The minimum absolute atomic E-state index is 0.00862. The van der Waals surface area contributed by atoms with Crippen molar-refractivity contribution in [3.8, 4) is 0 Å². The smallest absolute Gasteiger partial charge is 0.272 e. The van der Waals surface area contributed by atoms with Crippen molar-refractivity contribution in [1.82, 2.24) is 9.88 Å². The van der Waals surface area contributed by atoms with Crippen LogP contribution in [-0.2, 0) is 4.74 Å². The third kappa shape index (κ3) is 3.44. The second kappa shape index (κ2) is 6.52. The van der Waals surface area contributed by atoms with Gasteiger partial charge in [-0.15, -0.1) is 0 Å². The van der Waals surface area contributed by atoms with Crippen LogP contribution < -0.4 is 5.32 Å². The highest BCUT2D eigenvalue weighted by Crippen LogP contribution is 2.16. The van der Waals surface area contributed by atoms with Gasteiger partial charge in [0.05, 0.1) is 6.10 Å². The second-order valence-electron chi connectivity index (χ2n) is 4.69. The van der Waals surface area contributed by atoms with E-state index in [0.29, 0.717) is 5.69 Å². The van der Waals surface area contributed by atoms with Crippen molar-refractivity contribution in [2.24, 2.45) is 0 Å². The summed E-state index contributed by atoms with van der Waals surface area (Å²) in [6.45, 7) is 4.34. The molecule has 5 heteroatoms. The topological polar surface area (TPSA) is 54.5 Å². The number of methoxy groups -OCH3 is 1. The first-order chi connectivity index (χ1) is 9.24. The number of likely N-dealkylation sites (tertiary alicyclic amines) is 1. The van der Waals surface area contributed by atoms with E-state index in [1.165, 1.54) is 0 Å². The standard InChI is InChI=1S/C14H21N3O2/c1-3-15-11-4-7-16-13(10-11)14(18)17-8-5-12(19-2)6-9-17/h4,7,10,12H,3,5-6,8-9H2,1-2H3,(H,15,16). The first kappa shape index (κ1) is 13.8. The van der Waals surface area contributed by atoms with E-state index in [4.69, 9.17) is 4.74 Å². The number of hydrogen-bond donors (Lipinski definition) is 1. The van der Waals surface area contributed by atoms with Crippen LogP contribution in [0.5, 0.6) is 0 Å². The number of piperidine rings is 1. The van der Waals surface area contributed by atoms with Crippen molar-refractivity contribution >= 4 is 11.6 Å². The van der Waals surface area contributed by atoms with Crippen LogP contribution in [0.4, 0.5) is 5.69 Å². The summed E-state index contributed by atoms with van der Waals surface area (Å²) in [7, 11) is 1.73. The van der Waals surface area contributed by atoms with E-state index in [-0.39, 0.29) is 12.0 Å². The van der Waals surface area contributed by atoms with Crippen LogP contribution in [0.1, 0.15) is 30.3 Å². The van der Waals surface area contributed by atoms with Gasteiger partial charge < -0.3 is 15.0 Å². The average molecular weight is 263 g/mol. The number of ether oxygens (including phenoxy) is 1. The number of anilines is 1. The fraction of sp³-hybridized carbons (Fsp3) is 0.571. The van der Waals surface area contributed by atoms with Gasteiger partial charge in [0.2, 0.25) is 0 Å². The molecule has 0 radical (unpaired) electrons. The molecule has 1 aromatic heterocycles. The van der Waals surface area contributed by atoms with Crippen LogP contribution in [-0.4, -0.2) is 48.6 Å². The molecular formula is C14H21N3O2. The van der Waals surface area contributed by atoms with E-state index in [0.717, 1.165) is 38.2 Å². The number of pyridine rings is 1. The van der Waals surface area contributed by atoms with Gasteiger partial charge in [-0.1, -0.05) is 0 Å². The molecule has 0 aromatic carbocycles. The number of nitrogens with zero attached hydrogens (tertiary/aromatic N) is 2. The molecule has 5 nitrogen and oxygen atoms in total. The first-order valence-corrected chi connectivity index (χ1v) is 6.76. The van der Waals surface area contributed by atoms with Crippen LogP contribution in [0.2, 0.25) is 0 Å². The predicted molar refractivity (Wildman–Crippen MR) is 74.3 cm³/mol. The Kier molecular flexibility index (Phi) is 4.74. The van der Waals surface area contributed by atoms with Crippen LogP contribution in [0, 0.1) is 0 Å². The number of hydrogen-bond acceptors (Lipinski definition) is 4. The Morgan fingerprint density at radius 2 is 2.26 bits per heavy atom. The van der Waals surface area contributed by atoms with E-state index < -0.39 is 0 Å². The number of aromatic nitrogens is 1. The molecule has 1 amide bonds. The zero-order valence-corrected chi connectivity index (χ0v) is 11.6. The molecule has 0 unspecified atom stereocenters. The second-order valence-corrected chi connectivity index (χ2v) is 4.69. The summed E-state index contributed by atoms with van der Waals surface area (Å²) >= 11 is 0. The molecule has 1 N–H and O–H groups in total. The van der Waals surface area contributed by atoms with Gasteiger partial charge in [0, 0.05) is 38.6 Å². The lowest BCUT2D eigenvalue weighted by molar-refractivity contribution is 0.0347. The molecule has 0 bridgehead atoms. The Bertz CT molecular complexity index is 428.